The van der Waals surface area contributed by atoms with Gasteiger partial charge in [-0.2, -0.15) is 0 Å². The number of hydrogen-bond acceptors (Lipinski definition) is 4. The van der Waals surface area contributed by atoms with Crippen LogP contribution < -0.4 is 10.1 Å². The average molecular weight is 313 g/mol. The van der Waals surface area contributed by atoms with Gasteiger partial charge in [-0.1, -0.05) is 11.6 Å². The lowest BCUT2D eigenvalue weighted by atomic mass is 10.1. The van der Waals surface area contributed by atoms with Crippen molar-refractivity contribution in [2.75, 3.05) is 26.2 Å². The predicted octanol–water partition coefficient (Wildman–Crippen LogP) is 0.994. The smallest absolute Gasteiger partial charge is 0.305 e. The van der Waals surface area contributed by atoms with Gasteiger partial charge in [0.15, 0.2) is 0 Å². The van der Waals surface area contributed by atoms with Crippen molar-refractivity contribution < 1.29 is 19.4 Å². The van der Waals surface area contributed by atoms with Gasteiger partial charge in [-0.15, -0.1) is 0 Å². The molecular formula is C14H17ClN2O4. The first kappa shape index (κ1) is 15.6. The largest absolute Gasteiger partial charge is 0.492 e. The van der Waals surface area contributed by atoms with E-state index in [4.69, 9.17) is 21.4 Å². The van der Waals surface area contributed by atoms with Crippen molar-refractivity contribution in [3.8, 4) is 5.75 Å². The molecule has 0 aromatic heterocycles. The number of amides is 1. The number of carbonyl (C=O) groups is 2. The first-order valence-electron chi connectivity index (χ1n) is 6.68. The molecule has 6 nitrogen and oxygen atoms in total. The van der Waals surface area contributed by atoms with Crippen molar-refractivity contribution in [2.45, 2.75) is 12.5 Å². The normalized spacial score (nSPS) is 19.1. The summed E-state index contributed by atoms with van der Waals surface area (Å²) in [6.45, 7) is 2.02. The molecule has 0 spiro atoms. The van der Waals surface area contributed by atoms with Crippen LogP contribution in [0.2, 0.25) is 5.02 Å². The summed E-state index contributed by atoms with van der Waals surface area (Å²) in [6.07, 6.45) is -0.202. The summed E-state index contributed by atoms with van der Waals surface area (Å²) in [5.41, 5.74) is 0. The van der Waals surface area contributed by atoms with Crippen LogP contribution in [0.15, 0.2) is 24.3 Å². The molecule has 1 aromatic rings. The molecule has 1 heterocycles. The number of nitrogens with zero attached hydrogens (tertiary/aromatic N) is 1. The maximum absolute atomic E-state index is 11.7. The van der Waals surface area contributed by atoms with Gasteiger partial charge >= 0.3 is 5.97 Å². The number of benzene rings is 1. The molecule has 1 unspecified atom stereocenters. The van der Waals surface area contributed by atoms with Crippen LogP contribution in [0.5, 0.6) is 5.75 Å². The third-order valence-corrected chi connectivity index (χ3v) is 3.52. The molecule has 7 heteroatoms. The average Bonchev–Trinajstić information content (AvgIpc) is 2.44. The highest BCUT2D eigenvalue weighted by atomic mass is 35.5. The fourth-order valence-electron chi connectivity index (χ4n) is 2.23. The number of nitrogens with one attached hydrogen (secondary N) is 1. The maximum atomic E-state index is 11.7. The zero-order valence-corrected chi connectivity index (χ0v) is 12.2. The summed E-state index contributed by atoms with van der Waals surface area (Å²) in [5.74, 6) is -0.536. The summed E-state index contributed by atoms with van der Waals surface area (Å²) in [5, 5.41) is 12.2. The van der Waals surface area contributed by atoms with Gasteiger partial charge in [-0.25, -0.2) is 0 Å². The Bertz CT molecular complexity index is 506. The molecule has 1 aliphatic heterocycles. The van der Waals surface area contributed by atoms with E-state index in [-0.39, 0.29) is 12.3 Å². The Hall–Kier alpha value is -1.79. The highest BCUT2D eigenvalue weighted by Crippen LogP contribution is 2.16. The molecule has 1 aliphatic rings. The molecule has 1 aromatic carbocycles. The van der Waals surface area contributed by atoms with E-state index in [1.807, 2.05) is 4.90 Å². The number of ether oxygens (including phenoxy) is 1. The Morgan fingerprint density at radius 2 is 2.14 bits per heavy atom. The fraction of sp³-hybridized carbons (Fsp3) is 0.429. The Balaban J connectivity index is 1.86. The molecule has 0 saturated carbocycles. The minimum Gasteiger partial charge on any atom is -0.492 e. The Morgan fingerprint density at radius 1 is 1.43 bits per heavy atom. The first-order chi connectivity index (χ1) is 10.1. The number of carboxylic acid groups (broad SMARTS) is 1. The number of carboxylic acids is 1. The first-order valence-corrected chi connectivity index (χ1v) is 7.06. The highest BCUT2D eigenvalue weighted by Gasteiger charge is 2.31. The highest BCUT2D eigenvalue weighted by molar-refractivity contribution is 6.30. The molecule has 1 fully saturated rings. The van der Waals surface area contributed by atoms with E-state index in [1.165, 1.54) is 0 Å². The lowest BCUT2D eigenvalue weighted by Crippen LogP contribution is -2.56. The third kappa shape index (κ3) is 4.61. The van der Waals surface area contributed by atoms with Crippen molar-refractivity contribution in [3.63, 3.8) is 0 Å². The Labute approximate surface area is 127 Å². The maximum Gasteiger partial charge on any atom is 0.305 e. The molecule has 2 rings (SSSR count). The zero-order valence-electron chi connectivity index (χ0n) is 11.4. The van der Waals surface area contributed by atoms with Crippen LogP contribution >= 0.6 is 11.6 Å². The summed E-state index contributed by atoms with van der Waals surface area (Å²) in [4.78, 5) is 24.4. The molecule has 0 bridgehead atoms. The van der Waals surface area contributed by atoms with Crippen molar-refractivity contribution in [1.82, 2.24) is 10.2 Å². The lowest BCUT2D eigenvalue weighted by molar-refractivity contribution is -0.143. The van der Waals surface area contributed by atoms with E-state index in [0.717, 1.165) is 0 Å². The number of aliphatic carboxylic acids is 1. The van der Waals surface area contributed by atoms with Gasteiger partial charge in [-0.3, -0.25) is 14.5 Å². The fourth-order valence-corrected chi connectivity index (χ4v) is 2.35. The van der Waals surface area contributed by atoms with Crippen LogP contribution in [0.4, 0.5) is 0 Å². The van der Waals surface area contributed by atoms with Gasteiger partial charge in [0.1, 0.15) is 12.4 Å². The Kier molecular flexibility index (Phi) is 5.41. The third-order valence-electron chi connectivity index (χ3n) is 3.27. The molecule has 0 radical (unpaired) electrons. The second-order valence-electron chi connectivity index (χ2n) is 4.74. The van der Waals surface area contributed by atoms with E-state index < -0.39 is 12.0 Å². The lowest BCUT2D eigenvalue weighted by Gasteiger charge is -2.33. The number of piperazine rings is 1. The number of carbonyl (C=O) groups excluding carboxylic acids is 1. The minimum absolute atomic E-state index is 0.202. The van der Waals surface area contributed by atoms with Gasteiger partial charge in [0.25, 0.3) is 0 Å². The van der Waals surface area contributed by atoms with Gasteiger partial charge < -0.3 is 15.2 Å². The van der Waals surface area contributed by atoms with E-state index in [2.05, 4.69) is 5.32 Å². The standard InChI is InChI=1S/C14H17ClN2O4/c15-10-1-3-11(4-2-10)21-8-7-17-6-5-16-14(20)12(17)9-13(18)19/h1-4,12H,5-9H2,(H,16,20)(H,18,19). The van der Waals surface area contributed by atoms with Gasteiger partial charge in [0.05, 0.1) is 12.5 Å². The molecule has 1 saturated heterocycles. The van der Waals surface area contributed by atoms with Crippen LogP contribution in [-0.4, -0.2) is 54.2 Å². The second-order valence-corrected chi connectivity index (χ2v) is 5.18. The van der Waals surface area contributed by atoms with Gasteiger partial charge in [0.2, 0.25) is 5.91 Å². The molecule has 114 valence electrons. The van der Waals surface area contributed by atoms with Crippen LogP contribution in [0.25, 0.3) is 0 Å². The summed E-state index contributed by atoms with van der Waals surface area (Å²) < 4.78 is 5.57. The van der Waals surface area contributed by atoms with Crippen LogP contribution in [-0.2, 0) is 9.59 Å². The van der Waals surface area contributed by atoms with Crippen molar-refractivity contribution in [2.24, 2.45) is 0 Å². The van der Waals surface area contributed by atoms with Crippen molar-refractivity contribution in [3.05, 3.63) is 29.3 Å². The summed E-state index contributed by atoms with van der Waals surface area (Å²) in [7, 11) is 0. The topological polar surface area (TPSA) is 78.9 Å². The molecule has 21 heavy (non-hydrogen) atoms. The Morgan fingerprint density at radius 3 is 2.81 bits per heavy atom. The minimum atomic E-state index is -0.985. The summed E-state index contributed by atoms with van der Waals surface area (Å²) >= 11 is 5.79. The van der Waals surface area contributed by atoms with Crippen LogP contribution in [0, 0.1) is 0 Å². The van der Waals surface area contributed by atoms with E-state index in [0.29, 0.717) is 37.0 Å². The van der Waals surface area contributed by atoms with Gasteiger partial charge in [0, 0.05) is 24.7 Å². The van der Waals surface area contributed by atoms with Crippen molar-refractivity contribution >= 4 is 23.5 Å². The molecule has 1 atom stereocenters. The van der Waals surface area contributed by atoms with Crippen LogP contribution in [0.3, 0.4) is 0 Å². The van der Waals surface area contributed by atoms with E-state index in [1.54, 1.807) is 24.3 Å². The van der Waals surface area contributed by atoms with E-state index >= 15 is 0 Å². The predicted molar refractivity (Wildman–Crippen MR) is 77.6 cm³/mol. The van der Waals surface area contributed by atoms with Crippen molar-refractivity contribution in [1.29, 1.82) is 0 Å². The zero-order chi connectivity index (χ0) is 15.2. The number of rotatable bonds is 6. The molecule has 0 aliphatic carbocycles. The summed E-state index contributed by atoms with van der Waals surface area (Å²) in [6, 6.07) is 6.36. The van der Waals surface area contributed by atoms with Crippen LogP contribution in [0.1, 0.15) is 6.42 Å². The monoisotopic (exact) mass is 312 g/mol. The SMILES string of the molecule is O=C(O)CC1C(=O)NCCN1CCOc1ccc(Cl)cc1. The van der Waals surface area contributed by atoms with Gasteiger partial charge in [-0.05, 0) is 24.3 Å². The molecule has 2 N–H and O–H groups in total. The number of halogens is 1. The molecule has 1 amide bonds. The number of hydrogen-bond donors (Lipinski definition) is 2. The van der Waals surface area contributed by atoms with E-state index in [9.17, 15) is 9.59 Å². The second kappa shape index (κ2) is 7.28. The quantitative estimate of drug-likeness (QED) is 0.819. The molecular weight excluding hydrogens is 296 g/mol.